The lowest BCUT2D eigenvalue weighted by Gasteiger charge is -2.24. The molecular formula is C22H25N3O3S. The van der Waals surface area contributed by atoms with Crippen LogP contribution < -0.4 is 15.5 Å². The van der Waals surface area contributed by atoms with Gasteiger partial charge in [-0.05, 0) is 30.4 Å². The predicted molar refractivity (Wildman–Crippen MR) is 117 cm³/mol. The Hall–Kier alpha value is -2.80. The molecule has 7 heteroatoms. The van der Waals surface area contributed by atoms with E-state index >= 15 is 0 Å². The summed E-state index contributed by atoms with van der Waals surface area (Å²) in [7, 11) is 1.70. The van der Waals surface area contributed by atoms with Crippen LogP contribution in [0, 0.1) is 5.92 Å². The predicted octanol–water partition coefficient (Wildman–Crippen LogP) is 2.60. The average Bonchev–Trinajstić information content (AvgIpc) is 2.83. The van der Waals surface area contributed by atoms with Crippen molar-refractivity contribution in [2.75, 3.05) is 30.5 Å². The summed E-state index contributed by atoms with van der Waals surface area (Å²) in [4.78, 5) is 39.8. The maximum atomic E-state index is 13.2. The van der Waals surface area contributed by atoms with Gasteiger partial charge in [0, 0.05) is 24.9 Å². The molecule has 3 rings (SSSR count). The first-order valence-electron chi connectivity index (χ1n) is 9.48. The molecule has 2 aromatic carbocycles. The molecule has 6 nitrogen and oxygen atoms in total. The molecule has 0 aromatic heterocycles. The Morgan fingerprint density at radius 1 is 1.07 bits per heavy atom. The molecule has 0 bridgehead atoms. The standard InChI is InChI=1S/C22H25N3O3S/c1-14(20(26)23-12-13-29-3)21(27)24-19-17-10-5-4-8-15(17)16-9-6-7-11-18(16)25(2)22(19)28/h4-11,14,19H,12-13H2,1-3H3,(H,23,26)(H,24,27). The highest BCUT2D eigenvalue weighted by atomic mass is 32.2. The third kappa shape index (κ3) is 4.29. The van der Waals surface area contributed by atoms with Gasteiger partial charge in [0.05, 0.1) is 5.69 Å². The normalized spacial score (nSPS) is 16.3. The number of anilines is 1. The number of fused-ring (bicyclic) bond motifs is 3. The molecular weight excluding hydrogens is 386 g/mol. The lowest BCUT2D eigenvalue weighted by atomic mass is 9.95. The molecule has 152 valence electrons. The maximum absolute atomic E-state index is 13.2. The fourth-order valence-corrected chi connectivity index (χ4v) is 3.69. The number of rotatable bonds is 6. The van der Waals surface area contributed by atoms with Gasteiger partial charge in [0.1, 0.15) is 12.0 Å². The first-order valence-corrected chi connectivity index (χ1v) is 10.9. The Morgan fingerprint density at radius 2 is 1.72 bits per heavy atom. The quantitative estimate of drug-likeness (QED) is 0.566. The van der Waals surface area contributed by atoms with Crippen molar-refractivity contribution in [3.63, 3.8) is 0 Å². The van der Waals surface area contributed by atoms with E-state index in [2.05, 4.69) is 10.6 Å². The van der Waals surface area contributed by atoms with Crippen LogP contribution in [0.1, 0.15) is 18.5 Å². The lowest BCUT2D eigenvalue weighted by molar-refractivity contribution is -0.136. The molecule has 0 radical (unpaired) electrons. The van der Waals surface area contributed by atoms with E-state index in [1.807, 2.05) is 54.8 Å². The second-order valence-corrected chi connectivity index (χ2v) is 7.93. The van der Waals surface area contributed by atoms with Crippen molar-refractivity contribution in [3.05, 3.63) is 54.1 Å². The molecule has 0 saturated carbocycles. The minimum Gasteiger partial charge on any atom is -0.355 e. The Morgan fingerprint density at radius 3 is 2.45 bits per heavy atom. The van der Waals surface area contributed by atoms with Crippen LogP contribution >= 0.6 is 11.8 Å². The van der Waals surface area contributed by atoms with Crippen molar-refractivity contribution in [1.82, 2.24) is 10.6 Å². The molecule has 2 aromatic rings. The highest BCUT2D eigenvalue weighted by Crippen LogP contribution is 2.39. The van der Waals surface area contributed by atoms with E-state index in [1.54, 1.807) is 30.6 Å². The van der Waals surface area contributed by atoms with Gasteiger partial charge in [-0.25, -0.2) is 0 Å². The van der Waals surface area contributed by atoms with Crippen molar-refractivity contribution >= 4 is 35.2 Å². The molecule has 0 aliphatic carbocycles. The Balaban J connectivity index is 1.89. The van der Waals surface area contributed by atoms with Crippen molar-refractivity contribution in [3.8, 4) is 11.1 Å². The smallest absolute Gasteiger partial charge is 0.253 e. The third-order valence-corrected chi connectivity index (χ3v) is 5.70. The van der Waals surface area contributed by atoms with Gasteiger partial charge in [-0.15, -0.1) is 0 Å². The zero-order valence-electron chi connectivity index (χ0n) is 16.8. The van der Waals surface area contributed by atoms with Crippen LogP contribution in [-0.2, 0) is 14.4 Å². The molecule has 0 spiro atoms. The Bertz CT molecular complexity index is 931. The van der Waals surface area contributed by atoms with Crippen molar-refractivity contribution in [2.24, 2.45) is 5.92 Å². The fraction of sp³-hybridized carbons (Fsp3) is 0.318. The Kier molecular flexibility index (Phi) is 6.59. The monoisotopic (exact) mass is 411 g/mol. The molecule has 0 saturated heterocycles. The average molecular weight is 412 g/mol. The number of hydrogen-bond acceptors (Lipinski definition) is 4. The lowest BCUT2D eigenvalue weighted by Crippen LogP contribution is -2.46. The van der Waals surface area contributed by atoms with E-state index in [0.717, 1.165) is 28.1 Å². The van der Waals surface area contributed by atoms with Crippen LogP contribution in [0.2, 0.25) is 0 Å². The second-order valence-electron chi connectivity index (χ2n) is 6.95. The first kappa shape index (κ1) is 20.9. The van der Waals surface area contributed by atoms with E-state index in [9.17, 15) is 14.4 Å². The SMILES string of the molecule is CSCCNC(=O)C(C)C(=O)NC1C(=O)N(C)c2ccccc2-c2ccccc21. The van der Waals surface area contributed by atoms with Crippen LogP contribution in [0.3, 0.4) is 0 Å². The molecule has 0 fully saturated rings. The molecule has 2 unspecified atom stereocenters. The van der Waals surface area contributed by atoms with E-state index in [0.29, 0.717) is 6.54 Å². The number of nitrogens with zero attached hydrogens (tertiary/aromatic N) is 1. The number of nitrogens with one attached hydrogen (secondary N) is 2. The number of hydrogen-bond donors (Lipinski definition) is 2. The van der Waals surface area contributed by atoms with Crippen molar-refractivity contribution in [1.29, 1.82) is 0 Å². The van der Waals surface area contributed by atoms with Gasteiger partial charge in [0.2, 0.25) is 11.8 Å². The number of carbonyl (C=O) groups excluding carboxylic acids is 3. The van der Waals surface area contributed by atoms with Crippen LogP contribution in [0.25, 0.3) is 11.1 Å². The molecule has 29 heavy (non-hydrogen) atoms. The van der Waals surface area contributed by atoms with Crippen LogP contribution in [0.4, 0.5) is 5.69 Å². The first-order chi connectivity index (χ1) is 14.0. The molecule has 1 aliphatic heterocycles. The second kappa shape index (κ2) is 9.13. The van der Waals surface area contributed by atoms with Gasteiger partial charge >= 0.3 is 0 Å². The zero-order valence-corrected chi connectivity index (χ0v) is 17.6. The molecule has 2 N–H and O–H groups in total. The molecule has 3 amide bonds. The van der Waals surface area contributed by atoms with Crippen molar-refractivity contribution < 1.29 is 14.4 Å². The van der Waals surface area contributed by atoms with Crippen LogP contribution in [0.5, 0.6) is 0 Å². The summed E-state index contributed by atoms with van der Waals surface area (Å²) in [5.41, 5.74) is 3.32. The highest BCUT2D eigenvalue weighted by Gasteiger charge is 2.34. The van der Waals surface area contributed by atoms with E-state index in [4.69, 9.17) is 0 Å². The number of thioether (sulfide) groups is 1. The highest BCUT2D eigenvalue weighted by molar-refractivity contribution is 7.98. The summed E-state index contributed by atoms with van der Waals surface area (Å²) in [6.07, 6.45) is 1.95. The summed E-state index contributed by atoms with van der Waals surface area (Å²) in [5, 5.41) is 5.56. The maximum Gasteiger partial charge on any atom is 0.253 e. The van der Waals surface area contributed by atoms with Crippen LogP contribution in [-0.4, -0.2) is 43.3 Å². The van der Waals surface area contributed by atoms with Crippen LogP contribution in [0.15, 0.2) is 48.5 Å². The van der Waals surface area contributed by atoms with Gasteiger partial charge in [-0.3, -0.25) is 14.4 Å². The minimum absolute atomic E-state index is 0.245. The Labute approximate surface area is 175 Å². The third-order valence-electron chi connectivity index (χ3n) is 5.08. The number of likely N-dealkylation sites (N-methyl/N-ethyl adjacent to an activating group) is 1. The fourth-order valence-electron chi connectivity index (χ4n) is 3.39. The van der Waals surface area contributed by atoms with Gasteiger partial charge in [0.25, 0.3) is 5.91 Å². The minimum atomic E-state index is -0.896. The van der Waals surface area contributed by atoms with E-state index in [-0.39, 0.29) is 11.8 Å². The van der Waals surface area contributed by atoms with Gasteiger partial charge in [-0.1, -0.05) is 42.5 Å². The summed E-state index contributed by atoms with van der Waals surface area (Å²) in [5.74, 6) is -1.18. The van der Waals surface area contributed by atoms with E-state index in [1.165, 1.54) is 0 Å². The van der Waals surface area contributed by atoms with Gasteiger partial charge in [0.15, 0.2) is 0 Å². The number of carbonyl (C=O) groups is 3. The molecule has 2 atom stereocenters. The van der Waals surface area contributed by atoms with Crippen molar-refractivity contribution in [2.45, 2.75) is 13.0 Å². The number of para-hydroxylation sites is 1. The largest absolute Gasteiger partial charge is 0.355 e. The molecule has 1 heterocycles. The molecule has 1 aliphatic rings. The summed E-state index contributed by atoms with van der Waals surface area (Å²) >= 11 is 1.62. The summed E-state index contributed by atoms with van der Waals surface area (Å²) in [6, 6.07) is 14.3. The number of benzene rings is 2. The van der Waals surface area contributed by atoms with E-state index < -0.39 is 17.9 Å². The summed E-state index contributed by atoms with van der Waals surface area (Å²) < 4.78 is 0. The van der Waals surface area contributed by atoms with Gasteiger partial charge < -0.3 is 15.5 Å². The zero-order chi connectivity index (χ0) is 21.0. The summed E-state index contributed by atoms with van der Waals surface area (Å²) in [6.45, 7) is 2.05. The topological polar surface area (TPSA) is 78.5 Å². The van der Waals surface area contributed by atoms with Gasteiger partial charge in [-0.2, -0.15) is 11.8 Å². The number of amides is 3.